The van der Waals surface area contributed by atoms with Crippen LogP contribution in [0.25, 0.3) is 0 Å². The summed E-state index contributed by atoms with van der Waals surface area (Å²) in [4.78, 5) is 30.7. The van der Waals surface area contributed by atoms with Crippen molar-refractivity contribution in [3.05, 3.63) is 12.1 Å². The lowest BCUT2D eigenvalue weighted by Crippen LogP contribution is -2.48. The molecule has 1 aliphatic heterocycles. The summed E-state index contributed by atoms with van der Waals surface area (Å²) in [5.74, 6) is -1.55. The molecule has 0 radical (unpaired) electrons. The van der Waals surface area contributed by atoms with Gasteiger partial charge in [0.25, 0.3) is 0 Å². The fourth-order valence-corrected chi connectivity index (χ4v) is 2.95. The minimum absolute atomic E-state index is 0.0616. The Hall–Kier alpha value is -2.22. The smallest absolute Gasteiger partial charge is 0.334 e. The summed E-state index contributed by atoms with van der Waals surface area (Å²) in [6, 6.07) is 3.16. The van der Waals surface area contributed by atoms with Crippen molar-refractivity contribution in [1.82, 2.24) is 14.9 Å². The van der Waals surface area contributed by atoms with Crippen LogP contribution in [0, 0.1) is 0 Å². The second-order valence-corrected chi connectivity index (χ2v) is 6.21. The van der Waals surface area contributed by atoms with Gasteiger partial charge in [0.05, 0.1) is 13.0 Å². The van der Waals surface area contributed by atoms with Crippen molar-refractivity contribution in [2.24, 2.45) is 0 Å². The molecule has 8 heteroatoms. The predicted octanol–water partition coefficient (Wildman–Crippen LogP) is 0.624. The van der Waals surface area contributed by atoms with E-state index in [0.29, 0.717) is 23.4 Å². The van der Waals surface area contributed by atoms with Crippen molar-refractivity contribution in [1.29, 1.82) is 0 Å². The summed E-state index contributed by atoms with van der Waals surface area (Å²) in [5, 5.41) is 21.4. The summed E-state index contributed by atoms with van der Waals surface area (Å²) in [5.41, 5.74) is 0. The van der Waals surface area contributed by atoms with Crippen LogP contribution in [0.3, 0.4) is 0 Å². The van der Waals surface area contributed by atoms with Crippen LogP contribution >= 0.6 is 0 Å². The standard InChI is InChI=1S/C16H25N3O5/c1-11-4-3-5-12(2)18(11)10-13(20)17-9-8-16(23)24-19-14(21)6-7-15(19)22/h6-7,11-12,21-22H,3-5,8-10H2,1-2H3,(H,17,20)/t11-,12+/i1+1,11+1,12+1,18+1/m0/s1. The van der Waals surface area contributed by atoms with Crippen LogP contribution in [-0.2, 0) is 9.59 Å². The number of hydrogen-bond donors (Lipinski definition) is 3. The zero-order chi connectivity index (χ0) is 17.7. The molecule has 1 aromatic rings. The number of nitrogens with zero attached hydrogens (tertiary/aromatic N) is 2. The van der Waals surface area contributed by atoms with Gasteiger partial charge in [0, 0.05) is 30.8 Å². The molecule has 1 aliphatic rings. The Labute approximate surface area is 141 Å². The van der Waals surface area contributed by atoms with Gasteiger partial charge < -0.3 is 20.4 Å². The van der Waals surface area contributed by atoms with Crippen molar-refractivity contribution in [2.45, 2.75) is 51.6 Å². The summed E-state index contributed by atoms with van der Waals surface area (Å²) in [6.07, 6.45) is 3.31. The maximum Gasteiger partial charge on any atom is 0.334 e. The van der Waals surface area contributed by atoms with Crippen LogP contribution in [0.1, 0.15) is 39.5 Å². The van der Waals surface area contributed by atoms with Crippen molar-refractivity contribution in [3.63, 3.8) is 0 Å². The molecule has 0 aliphatic carbocycles. The fourth-order valence-electron chi connectivity index (χ4n) is 2.95. The Bertz CT molecular complexity index is 557. The van der Waals surface area contributed by atoms with E-state index in [1.54, 1.807) is 0 Å². The van der Waals surface area contributed by atoms with Gasteiger partial charge in [-0.3, -0.25) is 9.69 Å². The Kier molecular flexibility index (Phi) is 6.08. The number of hydrogen-bond acceptors (Lipinski definition) is 6. The molecule has 3 N–H and O–H groups in total. The topological polar surface area (TPSA) is 104 Å². The Morgan fingerprint density at radius 2 is 1.79 bits per heavy atom. The highest BCUT2D eigenvalue weighted by atomic mass is 16.7. The predicted molar refractivity (Wildman–Crippen MR) is 86.5 cm³/mol. The van der Waals surface area contributed by atoms with E-state index in [9.17, 15) is 19.8 Å². The van der Waals surface area contributed by atoms with E-state index in [4.69, 9.17) is 4.84 Å². The van der Waals surface area contributed by atoms with Gasteiger partial charge in [-0.2, -0.15) is 0 Å². The molecule has 134 valence electrons. The van der Waals surface area contributed by atoms with Crippen LogP contribution in [0.2, 0.25) is 0 Å². The van der Waals surface area contributed by atoms with Crippen LogP contribution in [-0.4, -0.2) is 56.9 Å². The summed E-state index contributed by atoms with van der Waals surface area (Å²) >= 11 is 0. The van der Waals surface area contributed by atoms with Crippen molar-refractivity contribution in [3.8, 4) is 11.8 Å². The Morgan fingerprint density at radius 3 is 2.38 bits per heavy atom. The first-order valence-electron chi connectivity index (χ1n) is 8.21. The molecule has 1 amide bonds. The number of carbonyl (C=O) groups excluding carboxylic acids is 2. The highest BCUT2D eigenvalue weighted by Gasteiger charge is 2.26. The number of amides is 1. The van der Waals surface area contributed by atoms with E-state index in [1.807, 2.05) is 0 Å². The second-order valence-electron chi connectivity index (χ2n) is 6.21. The Balaban J connectivity index is 1.71. The summed E-state index contributed by atoms with van der Waals surface area (Å²) < 4.78 is 0.626. The molecule has 0 saturated carbocycles. The molecule has 0 bridgehead atoms. The van der Waals surface area contributed by atoms with Gasteiger partial charge in [0.1, 0.15) is 0 Å². The molecule has 2 rings (SSSR count). The molecule has 24 heavy (non-hydrogen) atoms. The van der Waals surface area contributed by atoms with Crippen molar-refractivity contribution in [2.75, 3.05) is 13.1 Å². The highest BCUT2D eigenvalue weighted by Crippen LogP contribution is 2.21. The minimum atomic E-state index is -0.670. The number of piperidine rings is 1. The molecular weight excluding hydrogens is 318 g/mol. The fraction of sp³-hybridized carbons (Fsp3) is 0.625. The third-order valence-electron chi connectivity index (χ3n) is 4.34. The lowest BCUT2D eigenvalue weighted by molar-refractivity contribution is -0.145. The first kappa shape index (κ1) is 18.1. The van der Waals surface area contributed by atoms with Gasteiger partial charge in [0.15, 0.2) is 0 Å². The number of carbonyl (C=O) groups is 2. The normalized spacial score (nSPS) is 21.4. The van der Waals surface area contributed by atoms with Gasteiger partial charge in [-0.15, -0.1) is 4.73 Å². The van der Waals surface area contributed by atoms with Crippen molar-refractivity contribution < 1.29 is 24.6 Å². The van der Waals surface area contributed by atoms with Crippen molar-refractivity contribution >= 4 is 11.9 Å². The third-order valence-corrected chi connectivity index (χ3v) is 4.34. The van der Waals surface area contributed by atoms with Gasteiger partial charge in [-0.25, -0.2) is 4.79 Å². The number of aromatic nitrogens is 1. The number of aromatic hydroxyl groups is 2. The number of likely N-dealkylation sites (tertiary alicyclic amines) is 1. The number of nitrogens with one attached hydrogen (secondary N) is 1. The molecule has 0 aromatic carbocycles. The van der Waals surface area contributed by atoms with E-state index in [1.165, 1.54) is 18.6 Å². The van der Waals surface area contributed by atoms with E-state index >= 15 is 0 Å². The van der Waals surface area contributed by atoms with E-state index in [-0.39, 0.29) is 30.6 Å². The molecule has 1 fully saturated rings. The molecular formula is C16H25N3O5. The van der Waals surface area contributed by atoms with E-state index < -0.39 is 5.97 Å². The summed E-state index contributed by atoms with van der Waals surface area (Å²) in [6.45, 7) is 4.69. The average Bonchev–Trinajstić information content (AvgIpc) is 2.83. The largest absolute Gasteiger partial charge is 0.492 e. The van der Waals surface area contributed by atoms with Crippen LogP contribution in [0.5, 0.6) is 11.8 Å². The zero-order valence-electron chi connectivity index (χ0n) is 14.1. The maximum absolute atomic E-state index is 12.0. The molecule has 2 atom stereocenters. The summed E-state index contributed by atoms with van der Waals surface area (Å²) in [7, 11) is 0. The lowest BCUT2D eigenvalue weighted by atomic mass is 10.3. The van der Waals surface area contributed by atoms with Gasteiger partial charge in [0.2, 0.25) is 17.7 Å². The van der Waals surface area contributed by atoms with Crippen LogP contribution < -0.4 is 10.2 Å². The molecule has 1 saturated heterocycles. The highest BCUT2D eigenvalue weighted by molar-refractivity contribution is 5.79. The number of rotatable bonds is 6. The minimum Gasteiger partial charge on any atom is -0.492 e. The van der Waals surface area contributed by atoms with E-state index in [2.05, 4.69) is 24.1 Å². The third kappa shape index (κ3) is 4.64. The molecule has 0 unspecified atom stereocenters. The first-order chi connectivity index (χ1) is 11.4. The average molecular weight is 343 g/mol. The molecule has 0 spiro atoms. The van der Waals surface area contributed by atoms with E-state index in [0.717, 1.165) is 12.8 Å². The lowest BCUT2D eigenvalue weighted by Gasteiger charge is -2.38. The van der Waals surface area contributed by atoms with Gasteiger partial charge >= 0.3 is 5.97 Å². The first-order valence-corrected chi connectivity index (χ1v) is 8.21. The van der Waals surface area contributed by atoms with Crippen LogP contribution in [0.4, 0.5) is 0 Å². The van der Waals surface area contributed by atoms with Crippen LogP contribution in [0.15, 0.2) is 12.1 Å². The Morgan fingerprint density at radius 1 is 1.21 bits per heavy atom. The molecule has 2 heterocycles. The maximum atomic E-state index is 12.0. The van der Waals surface area contributed by atoms with Gasteiger partial charge in [-0.05, 0) is 26.7 Å². The monoisotopic (exact) mass is 343 g/mol. The molecule has 8 nitrogen and oxygen atoms in total. The van der Waals surface area contributed by atoms with Gasteiger partial charge in [-0.1, -0.05) is 6.42 Å². The quantitative estimate of drug-likeness (QED) is 0.517. The zero-order valence-corrected chi connectivity index (χ0v) is 14.1. The SMILES string of the molecule is C[13C@@H]1CCC[13C@H]([13CH3])[15N]1CC(=O)NCCC(=O)On1c(O)ccc1O. The second kappa shape index (κ2) is 8.05. The molecule has 1 aromatic heterocycles.